The molecule has 0 aliphatic heterocycles. The summed E-state index contributed by atoms with van der Waals surface area (Å²) >= 11 is 0. The normalized spacial score (nSPS) is 16.2. The molecular formula is C16H18N2O2. The Balaban J connectivity index is 1.86. The van der Waals surface area contributed by atoms with Crippen molar-refractivity contribution in [3.05, 3.63) is 46.4 Å². The zero-order chi connectivity index (χ0) is 13.9. The molecule has 0 spiro atoms. The number of pyridine rings is 1. The van der Waals surface area contributed by atoms with Gasteiger partial charge in [-0.05, 0) is 30.4 Å². The number of rotatable bonds is 2. The molecule has 1 heterocycles. The van der Waals surface area contributed by atoms with Crippen molar-refractivity contribution in [1.82, 2.24) is 10.3 Å². The van der Waals surface area contributed by atoms with E-state index in [1.54, 1.807) is 12.1 Å². The predicted molar refractivity (Wildman–Crippen MR) is 78.9 cm³/mol. The van der Waals surface area contributed by atoms with Crippen LogP contribution in [0.4, 0.5) is 0 Å². The van der Waals surface area contributed by atoms with Crippen LogP contribution in [-0.2, 0) is 0 Å². The Morgan fingerprint density at radius 2 is 1.90 bits per heavy atom. The Kier molecular flexibility index (Phi) is 3.54. The molecule has 1 fully saturated rings. The summed E-state index contributed by atoms with van der Waals surface area (Å²) in [5.41, 5.74) is 0.135. The molecule has 0 atom stereocenters. The molecule has 0 unspecified atom stereocenters. The lowest BCUT2D eigenvalue weighted by molar-refractivity contribution is 0.0922. The lowest BCUT2D eigenvalue weighted by Gasteiger charge is -2.22. The van der Waals surface area contributed by atoms with Crippen LogP contribution < -0.4 is 10.9 Å². The van der Waals surface area contributed by atoms with Gasteiger partial charge in [-0.1, -0.05) is 37.5 Å². The molecule has 1 aromatic carbocycles. The Bertz CT molecular complexity index is 684. The Morgan fingerprint density at radius 1 is 1.15 bits per heavy atom. The maximum absolute atomic E-state index is 12.2. The van der Waals surface area contributed by atoms with E-state index in [1.165, 1.54) is 19.3 Å². The van der Waals surface area contributed by atoms with Crippen molar-refractivity contribution >= 4 is 16.7 Å². The van der Waals surface area contributed by atoms with Crippen molar-refractivity contribution in [3.63, 3.8) is 0 Å². The Hall–Kier alpha value is -2.10. The van der Waals surface area contributed by atoms with Crippen LogP contribution in [0.25, 0.3) is 10.8 Å². The molecule has 4 nitrogen and oxygen atoms in total. The number of hydrogen-bond donors (Lipinski definition) is 2. The molecule has 3 rings (SSSR count). The summed E-state index contributed by atoms with van der Waals surface area (Å²) in [6, 6.07) is 9.28. The maximum atomic E-state index is 12.2. The third-order valence-corrected chi connectivity index (χ3v) is 3.94. The van der Waals surface area contributed by atoms with Gasteiger partial charge >= 0.3 is 0 Å². The number of nitrogens with one attached hydrogen (secondary N) is 2. The van der Waals surface area contributed by atoms with Crippen molar-refractivity contribution in [1.29, 1.82) is 0 Å². The average Bonchev–Trinajstić information content (AvgIpc) is 2.48. The van der Waals surface area contributed by atoms with Crippen LogP contribution in [0.5, 0.6) is 0 Å². The van der Waals surface area contributed by atoms with E-state index >= 15 is 0 Å². The summed E-state index contributed by atoms with van der Waals surface area (Å²) < 4.78 is 0. The van der Waals surface area contributed by atoms with Gasteiger partial charge in [0.05, 0.1) is 0 Å². The number of H-pyrrole nitrogens is 1. The zero-order valence-electron chi connectivity index (χ0n) is 11.3. The van der Waals surface area contributed by atoms with Crippen molar-refractivity contribution in [2.75, 3.05) is 0 Å². The highest BCUT2D eigenvalue weighted by Gasteiger charge is 2.17. The van der Waals surface area contributed by atoms with Crippen LogP contribution in [0.1, 0.15) is 42.6 Å². The molecule has 104 valence electrons. The Labute approximate surface area is 117 Å². The summed E-state index contributed by atoms with van der Waals surface area (Å²) in [6.45, 7) is 0. The second-order valence-electron chi connectivity index (χ2n) is 5.41. The van der Waals surface area contributed by atoms with E-state index < -0.39 is 0 Å². The minimum absolute atomic E-state index is 0.181. The number of aromatic nitrogens is 1. The van der Waals surface area contributed by atoms with Crippen LogP contribution in [0.3, 0.4) is 0 Å². The first kappa shape index (κ1) is 12.9. The van der Waals surface area contributed by atoms with Crippen molar-refractivity contribution < 1.29 is 4.79 Å². The number of benzene rings is 1. The fraction of sp³-hybridized carbons (Fsp3) is 0.375. The van der Waals surface area contributed by atoms with Crippen LogP contribution in [0, 0.1) is 0 Å². The number of hydrogen-bond acceptors (Lipinski definition) is 2. The first-order valence-corrected chi connectivity index (χ1v) is 7.17. The van der Waals surface area contributed by atoms with Gasteiger partial charge < -0.3 is 10.3 Å². The number of amides is 1. The van der Waals surface area contributed by atoms with Crippen molar-refractivity contribution in [2.24, 2.45) is 0 Å². The first-order valence-electron chi connectivity index (χ1n) is 7.17. The number of carbonyl (C=O) groups is 1. The topological polar surface area (TPSA) is 62.0 Å². The van der Waals surface area contributed by atoms with Crippen LogP contribution in [0.2, 0.25) is 0 Å². The molecule has 20 heavy (non-hydrogen) atoms. The molecule has 2 aromatic rings. The second kappa shape index (κ2) is 5.49. The molecule has 1 aromatic heterocycles. The van der Waals surface area contributed by atoms with E-state index in [0.717, 1.165) is 18.2 Å². The third kappa shape index (κ3) is 2.59. The van der Waals surface area contributed by atoms with Gasteiger partial charge in [-0.15, -0.1) is 0 Å². The summed E-state index contributed by atoms with van der Waals surface area (Å²) in [7, 11) is 0. The van der Waals surface area contributed by atoms with Gasteiger partial charge in [-0.2, -0.15) is 0 Å². The van der Waals surface area contributed by atoms with Crippen molar-refractivity contribution in [3.8, 4) is 0 Å². The predicted octanol–water partition coefficient (Wildman–Crippen LogP) is 2.59. The zero-order valence-corrected chi connectivity index (χ0v) is 11.3. The van der Waals surface area contributed by atoms with Crippen molar-refractivity contribution in [2.45, 2.75) is 38.1 Å². The largest absolute Gasteiger partial charge is 0.348 e. The molecule has 1 aliphatic rings. The van der Waals surface area contributed by atoms with E-state index in [-0.39, 0.29) is 17.5 Å². The summed E-state index contributed by atoms with van der Waals surface area (Å²) in [5, 5.41) is 4.43. The van der Waals surface area contributed by atoms with E-state index in [1.807, 2.05) is 18.2 Å². The average molecular weight is 270 g/mol. The van der Waals surface area contributed by atoms with Crippen LogP contribution in [0.15, 0.2) is 35.1 Å². The number of aromatic amines is 1. The van der Waals surface area contributed by atoms with E-state index in [9.17, 15) is 9.59 Å². The number of carbonyl (C=O) groups excluding carboxylic acids is 1. The second-order valence-corrected chi connectivity index (χ2v) is 5.41. The van der Waals surface area contributed by atoms with Gasteiger partial charge in [-0.3, -0.25) is 9.59 Å². The van der Waals surface area contributed by atoms with Crippen LogP contribution >= 0.6 is 0 Å². The molecule has 0 bridgehead atoms. The van der Waals surface area contributed by atoms with E-state index in [0.29, 0.717) is 11.1 Å². The minimum atomic E-state index is -0.211. The fourth-order valence-corrected chi connectivity index (χ4v) is 2.84. The van der Waals surface area contributed by atoms with Gasteiger partial charge in [0, 0.05) is 11.4 Å². The molecule has 1 amide bonds. The fourth-order valence-electron chi connectivity index (χ4n) is 2.84. The lowest BCUT2D eigenvalue weighted by atomic mass is 9.95. The minimum Gasteiger partial charge on any atom is -0.348 e. The monoisotopic (exact) mass is 270 g/mol. The maximum Gasteiger partial charge on any atom is 0.268 e. The lowest BCUT2D eigenvalue weighted by Crippen LogP contribution is -2.37. The molecule has 1 aliphatic carbocycles. The highest BCUT2D eigenvalue weighted by atomic mass is 16.2. The molecular weight excluding hydrogens is 252 g/mol. The third-order valence-electron chi connectivity index (χ3n) is 3.94. The SMILES string of the molecule is O=C(NC1CCCCC1)c1cc2ccccc2c(=O)[nH]1. The molecule has 1 saturated carbocycles. The summed E-state index contributed by atoms with van der Waals surface area (Å²) in [5.74, 6) is -0.181. The summed E-state index contributed by atoms with van der Waals surface area (Å²) in [4.78, 5) is 26.9. The highest BCUT2D eigenvalue weighted by Crippen LogP contribution is 2.18. The number of fused-ring (bicyclic) bond motifs is 1. The van der Waals surface area contributed by atoms with Gasteiger partial charge in [0.15, 0.2) is 0 Å². The quantitative estimate of drug-likeness (QED) is 0.881. The Morgan fingerprint density at radius 3 is 2.70 bits per heavy atom. The van der Waals surface area contributed by atoms with Gasteiger partial charge in [0.1, 0.15) is 5.69 Å². The molecule has 4 heteroatoms. The van der Waals surface area contributed by atoms with Gasteiger partial charge in [0.25, 0.3) is 11.5 Å². The first-order chi connectivity index (χ1) is 9.74. The molecule has 0 saturated heterocycles. The van der Waals surface area contributed by atoms with Gasteiger partial charge in [0.2, 0.25) is 0 Å². The van der Waals surface area contributed by atoms with E-state index in [4.69, 9.17) is 0 Å². The standard InChI is InChI=1S/C16H18N2O2/c19-15-13-9-5-4-6-11(13)10-14(18-15)16(20)17-12-7-2-1-3-8-12/h4-6,9-10,12H,1-3,7-8H2,(H,17,20)(H,18,19). The molecule has 0 radical (unpaired) electrons. The van der Waals surface area contributed by atoms with E-state index in [2.05, 4.69) is 10.3 Å². The smallest absolute Gasteiger partial charge is 0.268 e. The summed E-state index contributed by atoms with van der Waals surface area (Å²) in [6.07, 6.45) is 5.64. The highest BCUT2D eigenvalue weighted by molar-refractivity contribution is 5.96. The van der Waals surface area contributed by atoms with Crippen LogP contribution in [-0.4, -0.2) is 16.9 Å². The van der Waals surface area contributed by atoms with Gasteiger partial charge in [-0.25, -0.2) is 0 Å². The molecule has 2 N–H and O–H groups in total.